The number of hydrogen-bond donors (Lipinski definition) is 2. The second kappa shape index (κ2) is 7.13. The Kier molecular flexibility index (Phi) is 4.88. The zero-order valence-electron chi connectivity index (χ0n) is 14.2. The van der Waals surface area contributed by atoms with Gasteiger partial charge in [0.25, 0.3) is 5.69 Å². The van der Waals surface area contributed by atoms with Gasteiger partial charge in [-0.1, -0.05) is 23.4 Å². The summed E-state index contributed by atoms with van der Waals surface area (Å²) in [6, 6.07) is 12.4. The molecule has 1 atom stereocenters. The lowest BCUT2D eigenvalue weighted by Crippen LogP contribution is -2.13. The molecule has 0 aliphatic carbocycles. The molecule has 0 aliphatic heterocycles. The Balaban J connectivity index is 1.87. The van der Waals surface area contributed by atoms with Crippen molar-refractivity contribution in [1.29, 1.82) is 0 Å². The average Bonchev–Trinajstić information content (AvgIpc) is 3.12. The van der Waals surface area contributed by atoms with E-state index >= 15 is 0 Å². The van der Waals surface area contributed by atoms with Gasteiger partial charge in [-0.15, -0.1) is 5.10 Å². The first-order valence-corrected chi connectivity index (χ1v) is 9.36. The van der Waals surface area contributed by atoms with Gasteiger partial charge in [0.2, 0.25) is 10.0 Å². The third-order valence-corrected chi connectivity index (χ3v) is 4.75. The predicted octanol–water partition coefficient (Wildman–Crippen LogP) is 2.00. The number of nitrogens with zero attached hydrogens (tertiary/aromatic N) is 4. The van der Waals surface area contributed by atoms with Gasteiger partial charge in [0.05, 0.1) is 27.7 Å². The van der Waals surface area contributed by atoms with E-state index in [1.54, 1.807) is 17.8 Å². The molecule has 140 valence electrons. The number of nitro groups is 1. The maximum absolute atomic E-state index is 11.4. The van der Waals surface area contributed by atoms with E-state index < -0.39 is 26.7 Å². The highest BCUT2D eigenvalue weighted by Gasteiger charge is 2.21. The Hall–Kier alpha value is -3.31. The molecule has 0 spiro atoms. The van der Waals surface area contributed by atoms with Gasteiger partial charge in [-0.3, -0.25) is 10.1 Å². The van der Waals surface area contributed by atoms with Gasteiger partial charge in [-0.05, 0) is 31.2 Å². The van der Waals surface area contributed by atoms with Crippen LogP contribution < -0.4 is 10.5 Å². The summed E-state index contributed by atoms with van der Waals surface area (Å²) in [6.07, 6.45) is 1.71. The molecule has 0 amide bonds. The van der Waals surface area contributed by atoms with Crippen LogP contribution in [0.15, 0.2) is 59.6 Å². The lowest BCUT2D eigenvalue weighted by Gasteiger charge is -2.13. The number of rotatable bonds is 6. The molecule has 10 nitrogen and oxygen atoms in total. The van der Waals surface area contributed by atoms with E-state index in [9.17, 15) is 18.5 Å². The van der Waals surface area contributed by atoms with Gasteiger partial charge < -0.3 is 5.32 Å². The highest BCUT2D eigenvalue weighted by atomic mass is 32.2. The summed E-state index contributed by atoms with van der Waals surface area (Å²) in [5.41, 5.74) is 1.13. The summed E-state index contributed by atoms with van der Waals surface area (Å²) in [6.45, 7) is 1.76. The Morgan fingerprint density at radius 2 is 1.93 bits per heavy atom. The van der Waals surface area contributed by atoms with Gasteiger partial charge in [0, 0.05) is 6.07 Å². The van der Waals surface area contributed by atoms with Crippen LogP contribution in [0.4, 0.5) is 11.4 Å². The minimum Gasteiger partial charge on any atom is -0.371 e. The first-order chi connectivity index (χ1) is 12.8. The van der Waals surface area contributed by atoms with Crippen LogP contribution in [0, 0.1) is 10.1 Å². The maximum Gasteiger partial charge on any atom is 0.293 e. The van der Waals surface area contributed by atoms with Crippen molar-refractivity contribution >= 4 is 21.4 Å². The van der Waals surface area contributed by atoms with E-state index in [-0.39, 0.29) is 10.6 Å². The van der Waals surface area contributed by atoms with E-state index in [0.29, 0.717) is 5.69 Å². The van der Waals surface area contributed by atoms with Crippen molar-refractivity contribution in [2.24, 2.45) is 5.14 Å². The average molecular weight is 388 g/mol. The molecule has 3 aromatic rings. The number of sulfonamides is 1. The predicted molar refractivity (Wildman–Crippen MR) is 97.9 cm³/mol. The van der Waals surface area contributed by atoms with E-state index in [1.165, 1.54) is 12.1 Å². The summed E-state index contributed by atoms with van der Waals surface area (Å²) in [5.74, 6) is 0. The minimum atomic E-state index is -4.04. The number of anilines is 1. The molecule has 0 fully saturated rings. The molecule has 0 radical (unpaired) electrons. The highest BCUT2D eigenvalue weighted by molar-refractivity contribution is 7.89. The molecule has 27 heavy (non-hydrogen) atoms. The Morgan fingerprint density at radius 3 is 2.56 bits per heavy atom. The molecule has 0 bridgehead atoms. The fraction of sp³-hybridized carbons (Fsp3) is 0.125. The first kappa shape index (κ1) is 18.5. The van der Waals surface area contributed by atoms with Crippen LogP contribution in [0.1, 0.15) is 18.7 Å². The van der Waals surface area contributed by atoms with Crippen molar-refractivity contribution in [3.8, 4) is 5.69 Å². The summed E-state index contributed by atoms with van der Waals surface area (Å²) in [5, 5.41) is 27.4. The fourth-order valence-corrected chi connectivity index (χ4v) is 2.98. The number of benzene rings is 2. The van der Waals surface area contributed by atoms with Crippen molar-refractivity contribution < 1.29 is 13.3 Å². The number of nitro benzene ring substituents is 1. The van der Waals surface area contributed by atoms with Crippen molar-refractivity contribution in [2.45, 2.75) is 17.9 Å². The zero-order chi connectivity index (χ0) is 19.6. The maximum atomic E-state index is 11.4. The summed E-state index contributed by atoms with van der Waals surface area (Å²) in [4.78, 5) is 10.3. The van der Waals surface area contributed by atoms with Crippen LogP contribution in [0.5, 0.6) is 0 Å². The van der Waals surface area contributed by atoms with E-state index in [0.717, 1.165) is 11.8 Å². The summed E-state index contributed by atoms with van der Waals surface area (Å²) in [7, 11) is -4.04. The molecule has 11 heteroatoms. The van der Waals surface area contributed by atoms with Crippen molar-refractivity contribution in [3.63, 3.8) is 0 Å². The number of nitrogens with one attached hydrogen (secondary N) is 1. The largest absolute Gasteiger partial charge is 0.371 e. The summed E-state index contributed by atoms with van der Waals surface area (Å²) < 4.78 is 24.4. The number of aromatic nitrogens is 3. The molecule has 3 N–H and O–H groups in total. The quantitative estimate of drug-likeness (QED) is 0.485. The van der Waals surface area contributed by atoms with Crippen LogP contribution in [-0.2, 0) is 10.0 Å². The van der Waals surface area contributed by atoms with Crippen LogP contribution in [0.3, 0.4) is 0 Å². The lowest BCUT2D eigenvalue weighted by atomic mass is 10.2. The van der Waals surface area contributed by atoms with Crippen molar-refractivity contribution in [3.05, 3.63) is 70.5 Å². The van der Waals surface area contributed by atoms with Gasteiger partial charge in [0.15, 0.2) is 0 Å². The second-order valence-electron chi connectivity index (χ2n) is 5.77. The smallest absolute Gasteiger partial charge is 0.293 e. The standard InChI is InChI=1S/C16H16N6O4S/c1-11(15-10-21(20-19-15)12-5-3-2-4-6-12)18-14-8-7-13(27(17,25)26)9-16(14)22(23)24/h2-11,18H,1H3,(H2,17,25,26). The molecule has 0 aliphatic rings. The molecule has 1 aromatic heterocycles. The number of nitrogens with two attached hydrogens (primary N) is 1. The molecule has 1 unspecified atom stereocenters. The first-order valence-electron chi connectivity index (χ1n) is 7.81. The third kappa shape index (κ3) is 4.10. The second-order valence-corrected chi connectivity index (χ2v) is 7.33. The number of para-hydroxylation sites is 1. The van der Waals surface area contributed by atoms with Crippen LogP contribution in [-0.4, -0.2) is 28.3 Å². The van der Waals surface area contributed by atoms with Gasteiger partial charge >= 0.3 is 0 Å². The Morgan fingerprint density at radius 1 is 1.22 bits per heavy atom. The van der Waals surface area contributed by atoms with E-state index in [2.05, 4.69) is 15.6 Å². The summed E-state index contributed by atoms with van der Waals surface area (Å²) >= 11 is 0. The minimum absolute atomic E-state index is 0.147. The van der Waals surface area contributed by atoms with Crippen LogP contribution in [0.25, 0.3) is 5.69 Å². The Bertz CT molecular complexity index is 1080. The van der Waals surface area contributed by atoms with E-state index in [4.69, 9.17) is 5.14 Å². The number of hydrogen-bond acceptors (Lipinski definition) is 7. The molecular formula is C16H16N6O4S. The van der Waals surface area contributed by atoms with Crippen LogP contribution >= 0.6 is 0 Å². The van der Waals surface area contributed by atoms with Gasteiger partial charge in [-0.2, -0.15) is 0 Å². The fourth-order valence-electron chi connectivity index (χ4n) is 2.45. The van der Waals surface area contributed by atoms with E-state index in [1.807, 2.05) is 30.3 Å². The topological polar surface area (TPSA) is 146 Å². The molecule has 2 aromatic carbocycles. The monoisotopic (exact) mass is 388 g/mol. The molecule has 0 saturated carbocycles. The lowest BCUT2D eigenvalue weighted by molar-refractivity contribution is -0.384. The highest BCUT2D eigenvalue weighted by Crippen LogP contribution is 2.30. The van der Waals surface area contributed by atoms with Crippen molar-refractivity contribution in [1.82, 2.24) is 15.0 Å². The van der Waals surface area contributed by atoms with Gasteiger partial charge in [-0.25, -0.2) is 18.2 Å². The number of primary sulfonamides is 1. The molecular weight excluding hydrogens is 372 g/mol. The molecule has 3 rings (SSSR count). The SMILES string of the molecule is CC(Nc1ccc(S(N)(=O)=O)cc1[N+](=O)[O-])c1cn(-c2ccccc2)nn1. The normalized spacial score (nSPS) is 12.5. The molecule has 1 heterocycles. The zero-order valence-corrected chi connectivity index (χ0v) is 15.0. The Labute approximate surface area is 154 Å². The van der Waals surface area contributed by atoms with Gasteiger partial charge in [0.1, 0.15) is 11.4 Å². The molecule has 0 saturated heterocycles. The van der Waals surface area contributed by atoms with Crippen molar-refractivity contribution in [2.75, 3.05) is 5.32 Å². The van der Waals surface area contributed by atoms with Crippen LogP contribution in [0.2, 0.25) is 0 Å². The third-order valence-electron chi connectivity index (χ3n) is 3.84.